The predicted octanol–water partition coefficient (Wildman–Crippen LogP) is 2.66. The first kappa shape index (κ1) is 18.6. The molecule has 25 heavy (non-hydrogen) atoms. The van der Waals surface area contributed by atoms with Crippen molar-refractivity contribution >= 4 is 23.6 Å². The topological polar surface area (TPSA) is 89.8 Å². The number of nitro benzene ring substituents is 1. The SMILES string of the molecule is C[C@@H]1C[C@H](C)CN(C(=O)COC(=O)/C=C/c2cccc([N+](=O)[O-])c2)C1. The van der Waals surface area contributed by atoms with Gasteiger partial charge in [0.2, 0.25) is 0 Å². The molecular formula is C18H22N2O5. The summed E-state index contributed by atoms with van der Waals surface area (Å²) < 4.78 is 4.98. The van der Waals surface area contributed by atoms with Crippen molar-refractivity contribution in [3.8, 4) is 0 Å². The molecule has 1 aromatic rings. The number of likely N-dealkylation sites (tertiary alicyclic amines) is 1. The average Bonchev–Trinajstić information content (AvgIpc) is 2.57. The minimum absolute atomic E-state index is 0.0565. The van der Waals surface area contributed by atoms with Crippen LogP contribution in [0, 0.1) is 22.0 Å². The zero-order valence-electron chi connectivity index (χ0n) is 14.4. The first-order chi connectivity index (χ1) is 11.8. The van der Waals surface area contributed by atoms with Crippen molar-refractivity contribution in [2.45, 2.75) is 20.3 Å². The summed E-state index contributed by atoms with van der Waals surface area (Å²) in [6.07, 6.45) is 3.67. The molecule has 1 amide bonds. The number of nitrogens with zero attached hydrogens (tertiary/aromatic N) is 2. The van der Waals surface area contributed by atoms with Crippen LogP contribution in [0.3, 0.4) is 0 Å². The van der Waals surface area contributed by atoms with Gasteiger partial charge in [-0.05, 0) is 29.9 Å². The number of non-ortho nitro benzene ring substituents is 1. The van der Waals surface area contributed by atoms with Crippen molar-refractivity contribution in [1.29, 1.82) is 0 Å². The van der Waals surface area contributed by atoms with Crippen molar-refractivity contribution in [2.24, 2.45) is 11.8 Å². The molecule has 0 radical (unpaired) electrons. The lowest BCUT2D eigenvalue weighted by Gasteiger charge is -2.34. The Labute approximate surface area is 146 Å². The van der Waals surface area contributed by atoms with Crippen molar-refractivity contribution in [1.82, 2.24) is 4.90 Å². The van der Waals surface area contributed by atoms with Gasteiger partial charge < -0.3 is 9.64 Å². The number of hydrogen-bond donors (Lipinski definition) is 0. The third-order valence-electron chi connectivity index (χ3n) is 4.05. The van der Waals surface area contributed by atoms with E-state index in [9.17, 15) is 19.7 Å². The van der Waals surface area contributed by atoms with Crippen molar-refractivity contribution in [3.63, 3.8) is 0 Å². The van der Waals surface area contributed by atoms with Crippen LogP contribution in [0.2, 0.25) is 0 Å². The van der Waals surface area contributed by atoms with E-state index in [1.54, 1.807) is 11.0 Å². The van der Waals surface area contributed by atoms with Gasteiger partial charge in [-0.15, -0.1) is 0 Å². The molecule has 0 saturated carbocycles. The van der Waals surface area contributed by atoms with E-state index in [0.717, 1.165) is 12.5 Å². The number of rotatable bonds is 5. The van der Waals surface area contributed by atoms with E-state index in [1.807, 2.05) is 0 Å². The molecule has 2 atom stereocenters. The first-order valence-electron chi connectivity index (χ1n) is 8.22. The largest absolute Gasteiger partial charge is 0.452 e. The van der Waals surface area contributed by atoms with E-state index in [4.69, 9.17) is 4.74 Å². The van der Waals surface area contributed by atoms with Crippen molar-refractivity contribution in [3.05, 3.63) is 46.0 Å². The number of esters is 1. The monoisotopic (exact) mass is 346 g/mol. The van der Waals surface area contributed by atoms with Crippen LogP contribution in [-0.4, -0.2) is 41.4 Å². The molecule has 1 aromatic carbocycles. The lowest BCUT2D eigenvalue weighted by Crippen LogP contribution is -2.44. The van der Waals surface area contributed by atoms with Crippen LogP contribution in [-0.2, 0) is 14.3 Å². The molecule has 1 heterocycles. The van der Waals surface area contributed by atoms with Crippen LogP contribution in [0.5, 0.6) is 0 Å². The maximum absolute atomic E-state index is 12.1. The quantitative estimate of drug-likeness (QED) is 0.354. The zero-order chi connectivity index (χ0) is 18.4. The second-order valence-corrected chi connectivity index (χ2v) is 6.54. The number of ether oxygens (including phenoxy) is 1. The first-order valence-corrected chi connectivity index (χ1v) is 8.22. The fourth-order valence-corrected chi connectivity index (χ4v) is 3.05. The van der Waals surface area contributed by atoms with Crippen molar-refractivity contribution in [2.75, 3.05) is 19.7 Å². The summed E-state index contributed by atoms with van der Waals surface area (Å²) in [6, 6.07) is 5.89. The third-order valence-corrected chi connectivity index (χ3v) is 4.05. The number of carbonyl (C=O) groups excluding carboxylic acids is 2. The Morgan fingerprint density at radius 3 is 2.64 bits per heavy atom. The number of amides is 1. The van der Waals surface area contributed by atoms with Crippen LogP contribution < -0.4 is 0 Å². The van der Waals surface area contributed by atoms with Gasteiger partial charge in [-0.25, -0.2) is 4.79 Å². The van der Waals surface area contributed by atoms with Gasteiger partial charge >= 0.3 is 5.97 Å². The van der Waals surface area contributed by atoms with Gasteiger partial charge in [0, 0.05) is 31.3 Å². The smallest absolute Gasteiger partial charge is 0.331 e. The Hall–Kier alpha value is -2.70. The number of benzene rings is 1. The van der Waals surface area contributed by atoms with E-state index in [1.165, 1.54) is 24.3 Å². The summed E-state index contributed by atoms with van der Waals surface area (Å²) in [5.41, 5.74) is 0.454. The molecule has 1 fully saturated rings. The van der Waals surface area contributed by atoms with Gasteiger partial charge in [0.1, 0.15) is 0 Å². The maximum Gasteiger partial charge on any atom is 0.331 e. The average molecular weight is 346 g/mol. The Kier molecular flexibility index (Phi) is 6.27. The number of piperidine rings is 1. The molecule has 0 N–H and O–H groups in total. The fourth-order valence-electron chi connectivity index (χ4n) is 3.05. The van der Waals surface area contributed by atoms with Gasteiger partial charge in [0.25, 0.3) is 11.6 Å². The minimum atomic E-state index is -0.655. The predicted molar refractivity (Wildman–Crippen MR) is 92.6 cm³/mol. The van der Waals surface area contributed by atoms with E-state index in [2.05, 4.69) is 13.8 Å². The van der Waals surface area contributed by atoms with Crippen LogP contribution in [0.15, 0.2) is 30.3 Å². The highest BCUT2D eigenvalue weighted by Crippen LogP contribution is 2.21. The number of carbonyl (C=O) groups is 2. The Bertz CT molecular complexity index is 676. The molecular weight excluding hydrogens is 324 g/mol. The minimum Gasteiger partial charge on any atom is -0.452 e. The van der Waals surface area contributed by atoms with E-state index in [0.29, 0.717) is 30.5 Å². The second kappa shape index (κ2) is 8.41. The number of hydrogen-bond acceptors (Lipinski definition) is 5. The van der Waals surface area contributed by atoms with Crippen LogP contribution in [0.1, 0.15) is 25.8 Å². The summed E-state index contributed by atoms with van der Waals surface area (Å²) in [5.74, 6) is 0.0304. The third kappa shape index (κ3) is 5.70. The summed E-state index contributed by atoms with van der Waals surface area (Å²) in [7, 11) is 0. The molecule has 0 unspecified atom stereocenters. The Morgan fingerprint density at radius 1 is 1.32 bits per heavy atom. The highest BCUT2D eigenvalue weighted by atomic mass is 16.6. The van der Waals surface area contributed by atoms with Gasteiger partial charge in [0.05, 0.1) is 4.92 Å². The molecule has 0 aliphatic carbocycles. The molecule has 0 spiro atoms. The summed E-state index contributed by atoms with van der Waals surface area (Å²) in [4.78, 5) is 35.8. The van der Waals surface area contributed by atoms with Crippen molar-refractivity contribution < 1.29 is 19.2 Å². The molecule has 0 bridgehead atoms. The molecule has 134 valence electrons. The Morgan fingerprint density at radius 2 is 2.00 bits per heavy atom. The van der Waals surface area contributed by atoms with E-state index < -0.39 is 10.9 Å². The van der Waals surface area contributed by atoms with Gasteiger partial charge in [-0.3, -0.25) is 14.9 Å². The van der Waals surface area contributed by atoms with Gasteiger partial charge in [-0.2, -0.15) is 0 Å². The molecule has 1 aliphatic heterocycles. The zero-order valence-corrected chi connectivity index (χ0v) is 14.4. The Balaban J connectivity index is 1.85. The molecule has 2 rings (SSSR count). The van der Waals surface area contributed by atoms with E-state index in [-0.39, 0.29) is 18.2 Å². The van der Waals surface area contributed by atoms with Crippen LogP contribution in [0.25, 0.3) is 6.08 Å². The summed E-state index contributed by atoms with van der Waals surface area (Å²) in [5, 5.41) is 10.7. The molecule has 0 aromatic heterocycles. The van der Waals surface area contributed by atoms with E-state index >= 15 is 0 Å². The summed E-state index contributed by atoms with van der Waals surface area (Å²) in [6.45, 7) is 5.28. The molecule has 1 saturated heterocycles. The van der Waals surface area contributed by atoms with Gasteiger partial charge in [0.15, 0.2) is 6.61 Å². The highest BCUT2D eigenvalue weighted by Gasteiger charge is 2.25. The maximum atomic E-state index is 12.1. The molecule has 7 heteroatoms. The van der Waals surface area contributed by atoms with Gasteiger partial charge in [-0.1, -0.05) is 26.0 Å². The second-order valence-electron chi connectivity index (χ2n) is 6.54. The molecule has 7 nitrogen and oxygen atoms in total. The lowest BCUT2D eigenvalue weighted by atomic mass is 9.92. The van der Waals surface area contributed by atoms with Crippen LogP contribution >= 0.6 is 0 Å². The highest BCUT2D eigenvalue weighted by molar-refractivity contribution is 5.89. The summed E-state index contributed by atoms with van der Waals surface area (Å²) >= 11 is 0. The molecule has 1 aliphatic rings. The number of nitro groups is 1. The standard InChI is InChI=1S/C18H22N2O5/c1-13-8-14(2)11-19(10-13)17(21)12-25-18(22)7-6-15-4-3-5-16(9-15)20(23)24/h3-7,9,13-14H,8,10-12H2,1-2H3/b7-6+/t13-,14+. The normalized spacial score (nSPS) is 20.5. The van der Waals surface area contributed by atoms with Crippen LogP contribution in [0.4, 0.5) is 5.69 Å². The lowest BCUT2D eigenvalue weighted by molar-refractivity contribution is -0.384. The fraction of sp³-hybridized carbons (Fsp3) is 0.444.